The largest absolute Gasteiger partial charge is 0.327 e. The first-order chi connectivity index (χ1) is 8.02. The van der Waals surface area contributed by atoms with Gasteiger partial charge >= 0.3 is 0 Å². The molecule has 2 N–H and O–H groups in total. The third kappa shape index (κ3) is 4.65. The van der Waals surface area contributed by atoms with Crippen molar-refractivity contribution in [3.63, 3.8) is 0 Å². The van der Waals surface area contributed by atoms with Crippen LogP contribution in [-0.2, 0) is 11.2 Å². The van der Waals surface area contributed by atoms with Crippen LogP contribution in [0, 0.1) is 12.7 Å². The van der Waals surface area contributed by atoms with E-state index < -0.39 is 0 Å². The Bertz CT molecular complexity index is 390. The Kier molecular flexibility index (Phi) is 5.29. The van der Waals surface area contributed by atoms with Gasteiger partial charge in [0.25, 0.3) is 0 Å². The smallest absolute Gasteiger partial charge is 0.138 e. The number of Topliss-reactive ketones (excluding diaryl/α,β-unsaturated/α-hetero) is 1. The van der Waals surface area contributed by atoms with E-state index in [9.17, 15) is 9.18 Å². The average Bonchev–Trinajstić information content (AvgIpc) is 2.22. The Balaban J connectivity index is 2.56. The molecule has 0 aliphatic rings. The van der Waals surface area contributed by atoms with Crippen molar-refractivity contribution < 1.29 is 9.18 Å². The van der Waals surface area contributed by atoms with Crippen molar-refractivity contribution in [3.8, 4) is 0 Å². The maximum atomic E-state index is 12.9. The van der Waals surface area contributed by atoms with Crippen molar-refractivity contribution in [2.24, 2.45) is 5.73 Å². The maximum absolute atomic E-state index is 12.9. The number of carbonyl (C=O) groups is 1. The molecule has 94 valence electrons. The molecule has 0 bridgehead atoms. The molecule has 1 atom stereocenters. The first-order valence-corrected chi connectivity index (χ1v) is 6.05. The molecule has 1 aromatic carbocycles. The highest BCUT2D eigenvalue weighted by Gasteiger charge is 2.11. The van der Waals surface area contributed by atoms with Gasteiger partial charge in [0.15, 0.2) is 0 Å². The number of aryl methyl sites for hydroxylation is 1. The predicted molar refractivity (Wildman–Crippen MR) is 67.3 cm³/mol. The van der Waals surface area contributed by atoms with Crippen LogP contribution in [-0.4, -0.2) is 11.8 Å². The zero-order valence-electron chi connectivity index (χ0n) is 10.5. The summed E-state index contributed by atoms with van der Waals surface area (Å²) in [6, 6.07) is 4.47. The Morgan fingerprint density at radius 3 is 2.76 bits per heavy atom. The van der Waals surface area contributed by atoms with Crippen molar-refractivity contribution in [1.29, 1.82) is 0 Å². The van der Waals surface area contributed by atoms with E-state index in [1.165, 1.54) is 12.1 Å². The molecular formula is C14H20FNO. The summed E-state index contributed by atoms with van der Waals surface area (Å²) in [6.07, 6.45) is 2.62. The van der Waals surface area contributed by atoms with Crippen molar-refractivity contribution in [1.82, 2.24) is 0 Å². The van der Waals surface area contributed by atoms with Gasteiger partial charge < -0.3 is 5.73 Å². The molecule has 0 fully saturated rings. The number of hydrogen-bond donors (Lipinski definition) is 1. The monoisotopic (exact) mass is 237 g/mol. The highest BCUT2D eigenvalue weighted by atomic mass is 19.1. The van der Waals surface area contributed by atoms with E-state index in [-0.39, 0.29) is 17.6 Å². The summed E-state index contributed by atoms with van der Waals surface area (Å²) < 4.78 is 12.9. The van der Waals surface area contributed by atoms with Gasteiger partial charge in [-0.2, -0.15) is 0 Å². The first-order valence-electron chi connectivity index (χ1n) is 6.05. The molecule has 2 nitrogen and oxygen atoms in total. The number of halogens is 1. The lowest BCUT2D eigenvalue weighted by molar-refractivity contribution is -0.118. The van der Waals surface area contributed by atoms with Crippen LogP contribution < -0.4 is 5.73 Å². The average molecular weight is 237 g/mol. The molecule has 0 radical (unpaired) electrons. The van der Waals surface area contributed by atoms with E-state index in [0.717, 1.165) is 24.0 Å². The fraction of sp³-hybridized carbons (Fsp3) is 0.500. The third-order valence-electron chi connectivity index (χ3n) is 2.84. The summed E-state index contributed by atoms with van der Waals surface area (Å²) in [4.78, 5) is 11.8. The molecule has 1 unspecified atom stereocenters. The van der Waals surface area contributed by atoms with Gasteiger partial charge in [-0.05, 0) is 36.6 Å². The van der Waals surface area contributed by atoms with Gasteiger partial charge in [0.05, 0.1) is 0 Å². The minimum Gasteiger partial charge on any atom is -0.327 e. The molecule has 0 spiro atoms. The van der Waals surface area contributed by atoms with E-state index in [1.807, 2.05) is 6.92 Å². The second-order valence-electron chi connectivity index (χ2n) is 4.54. The van der Waals surface area contributed by atoms with Crippen molar-refractivity contribution in [3.05, 3.63) is 35.1 Å². The minimum atomic E-state index is -0.263. The van der Waals surface area contributed by atoms with Gasteiger partial charge in [-0.1, -0.05) is 19.4 Å². The molecule has 0 aliphatic heterocycles. The Hall–Kier alpha value is -1.22. The number of rotatable bonds is 6. The minimum absolute atomic E-state index is 0.0479. The zero-order chi connectivity index (χ0) is 12.8. The predicted octanol–water partition coefficient (Wildman–Crippen LogP) is 2.76. The normalized spacial score (nSPS) is 12.5. The molecule has 0 saturated carbocycles. The SMILES string of the molecule is CCCC(N)CC(=O)Cc1ccc(F)cc1C. The summed E-state index contributed by atoms with van der Waals surface area (Å²) in [5.41, 5.74) is 7.53. The van der Waals surface area contributed by atoms with Gasteiger partial charge in [0.1, 0.15) is 11.6 Å². The number of benzene rings is 1. The fourth-order valence-corrected chi connectivity index (χ4v) is 1.91. The van der Waals surface area contributed by atoms with Crippen LogP contribution in [0.15, 0.2) is 18.2 Å². The second kappa shape index (κ2) is 6.50. The molecule has 0 aliphatic carbocycles. The van der Waals surface area contributed by atoms with Gasteiger partial charge in [-0.3, -0.25) is 4.79 Å². The molecule has 17 heavy (non-hydrogen) atoms. The topological polar surface area (TPSA) is 43.1 Å². The van der Waals surface area contributed by atoms with E-state index in [4.69, 9.17) is 5.73 Å². The van der Waals surface area contributed by atoms with E-state index in [2.05, 4.69) is 6.92 Å². The first kappa shape index (κ1) is 13.8. The lowest BCUT2D eigenvalue weighted by Crippen LogP contribution is -2.24. The van der Waals surface area contributed by atoms with Crippen LogP contribution in [0.25, 0.3) is 0 Å². The zero-order valence-corrected chi connectivity index (χ0v) is 10.5. The Morgan fingerprint density at radius 1 is 1.47 bits per heavy atom. The lowest BCUT2D eigenvalue weighted by atomic mass is 9.98. The molecule has 1 rings (SSSR count). The molecule has 0 saturated heterocycles. The summed E-state index contributed by atoms with van der Waals surface area (Å²) in [6.45, 7) is 3.87. The van der Waals surface area contributed by atoms with Gasteiger partial charge in [-0.15, -0.1) is 0 Å². The highest BCUT2D eigenvalue weighted by molar-refractivity contribution is 5.81. The van der Waals surface area contributed by atoms with E-state index in [0.29, 0.717) is 12.8 Å². The number of ketones is 1. The molecule has 3 heteroatoms. The van der Waals surface area contributed by atoms with Crippen molar-refractivity contribution in [2.75, 3.05) is 0 Å². The van der Waals surface area contributed by atoms with Gasteiger partial charge in [0.2, 0.25) is 0 Å². The van der Waals surface area contributed by atoms with E-state index in [1.54, 1.807) is 6.07 Å². The summed E-state index contributed by atoms with van der Waals surface area (Å²) in [7, 11) is 0. The lowest BCUT2D eigenvalue weighted by Gasteiger charge is -2.10. The van der Waals surface area contributed by atoms with Crippen LogP contribution in [0.1, 0.15) is 37.3 Å². The van der Waals surface area contributed by atoms with Crippen molar-refractivity contribution >= 4 is 5.78 Å². The summed E-state index contributed by atoms with van der Waals surface area (Å²) >= 11 is 0. The van der Waals surface area contributed by atoms with Gasteiger partial charge in [0, 0.05) is 18.9 Å². The van der Waals surface area contributed by atoms with E-state index >= 15 is 0 Å². The molecule has 0 aromatic heterocycles. The van der Waals surface area contributed by atoms with Crippen LogP contribution in [0.3, 0.4) is 0 Å². The highest BCUT2D eigenvalue weighted by Crippen LogP contribution is 2.12. The second-order valence-corrected chi connectivity index (χ2v) is 4.54. The molecule has 0 amide bonds. The van der Waals surface area contributed by atoms with Crippen LogP contribution in [0.2, 0.25) is 0 Å². The Labute approximate surface area is 102 Å². The summed E-state index contributed by atoms with van der Waals surface area (Å²) in [5.74, 6) is -0.137. The van der Waals surface area contributed by atoms with Crippen LogP contribution >= 0.6 is 0 Å². The molecular weight excluding hydrogens is 217 g/mol. The fourth-order valence-electron chi connectivity index (χ4n) is 1.91. The standard InChI is InChI=1S/C14H20FNO/c1-3-4-13(16)9-14(17)8-11-5-6-12(15)7-10(11)2/h5-7,13H,3-4,8-9,16H2,1-2H3. The number of nitrogens with two attached hydrogens (primary N) is 1. The van der Waals surface area contributed by atoms with Crippen LogP contribution in [0.4, 0.5) is 4.39 Å². The third-order valence-corrected chi connectivity index (χ3v) is 2.84. The maximum Gasteiger partial charge on any atom is 0.138 e. The molecule has 0 heterocycles. The summed E-state index contributed by atoms with van der Waals surface area (Å²) in [5, 5.41) is 0. The van der Waals surface area contributed by atoms with Crippen LogP contribution in [0.5, 0.6) is 0 Å². The van der Waals surface area contributed by atoms with Gasteiger partial charge in [-0.25, -0.2) is 4.39 Å². The number of hydrogen-bond acceptors (Lipinski definition) is 2. The molecule has 1 aromatic rings. The quantitative estimate of drug-likeness (QED) is 0.826. The Morgan fingerprint density at radius 2 is 2.18 bits per heavy atom. The number of carbonyl (C=O) groups excluding carboxylic acids is 1. The van der Waals surface area contributed by atoms with Crippen molar-refractivity contribution in [2.45, 2.75) is 45.6 Å².